The van der Waals surface area contributed by atoms with Crippen molar-refractivity contribution in [2.45, 2.75) is 37.6 Å². The summed E-state index contributed by atoms with van der Waals surface area (Å²) in [6.45, 7) is 3.02. The Balaban J connectivity index is 1.41. The van der Waals surface area contributed by atoms with Gasteiger partial charge in [-0.25, -0.2) is 0 Å². The quantitative estimate of drug-likeness (QED) is 0.896. The van der Waals surface area contributed by atoms with Crippen LogP contribution >= 0.6 is 0 Å². The van der Waals surface area contributed by atoms with Crippen molar-refractivity contribution in [3.05, 3.63) is 29.8 Å². The SMILES string of the molecule is COc1cccc(C2CC(NCC3CCCOC3)C2)c1. The Hall–Kier alpha value is -1.06. The average Bonchev–Trinajstić information content (AvgIpc) is 2.47. The molecule has 3 rings (SSSR count). The molecule has 1 aliphatic heterocycles. The summed E-state index contributed by atoms with van der Waals surface area (Å²) < 4.78 is 10.8. The van der Waals surface area contributed by atoms with Crippen LogP contribution in [0.25, 0.3) is 0 Å². The zero-order valence-corrected chi connectivity index (χ0v) is 12.3. The molecule has 1 heterocycles. The van der Waals surface area contributed by atoms with Crippen LogP contribution in [0.15, 0.2) is 24.3 Å². The lowest BCUT2D eigenvalue weighted by Crippen LogP contribution is -2.43. The molecule has 3 heteroatoms. The molecule has 3 nitrogen and oxygen atoms in total. The van der Waals surface area contributed by atoms with Crippen LogP contribution in [0.4, 0.5) is 0 Å². The van der Waals surface area contributed by atoms with E-state index in [2.05, 4.69) is 23.5 Å². The third-order valence-electron chi connectivity index (χ3n) is 4.65. The summed E-state index contributed by atoms with van der Waals surface area (Å²) in [6, 6.07) is 9.19. The van der Waals surface area contributed by atoms with Gasteiger partial charge in [-0.15, -0.1) is 0 Å². The Morgan fingerprint density at radius 2 is 2.25 bits per heavy atom. The molecule has 0 bridgehead atoms. The molecule has 1 N–H and O–H groups in total. The molecule has 110 valence electrons. The van der Waals surface area contributed by atoms with Gasteiger partial charge in [-0.05, 0) is 55.2 Å². The minimum atomic E-state index is 0.688. The highest BCUT2D eigenvalue weighted by atomic mass is 16.5. The number of rotatable bonds is 5. The lowest BCUT2D eigenvalue weighted by molar-refractivity contribution is 0.0521. The van der Waals surface area contributed by atoms with Crippen LogP contribution in [0.1, 0.15) is 37.2 Å². The highest BCUT2D eigenvalue weighted by molar-refractivity contribution is 5.32. The third kappa shape index (κ3) is 3.33. The maximum atomic E-state index is 5.53. The second-order valence-corrected chi connectivity index (χ2v) is 6.13. The van der Waals surface area contributed by atoms with Crippen LogP contribution in [-0.4, -0.2) is 32.9 Å². The molecule has 20 heavy (non-hydrogen) atoms. The van der Waals surface area contributed by atoms with Gasteiger partial charge in [0, 0.05) is 19.2 Å². The Morgan fingerprint density at radius 3 is 3.00 bits per heavy atom. The zero-order chi connectivity index (χ0) is 13.8. The number of nitrogens with one attached hydrogen (secondary N) is 1. The first kappa shape index (κ1) is 13.9. The Morgan fingerprint density at radius 1 is 1.35 bits per heavy atom. The number of hydrogen-bond donors (Lipinski definition) is 1. The Kier molecular flexibility index (Phi) is 4.58. The molecular weight excluding hydrogens is 250 g/mol. The van der Waals surface area contributed by atoms with E-state index in [9.17, 15) is 0 Å². The molecule has 0 radical (unpaired) electrons. The highest BCUT2D eigenvalue weighted by Gasteiger charge is 2.30. The van der Waals surface area contributed by atoms with Gasteiger partial charge in [-0.1, -0.05) is 12.1 Å². The van der Waals surface area contributed by atoms with Crippen molar-refractivity contribution in [2.24, 2.45) is 5.92 Å². The molecular formula is C17H25NO2. The lowest BCUT2D eigenvalue weighted by Gasteiger charge is -2.37. The first-order valence-electron chi connectivity index (χ1n) is 7.80. The van der Waals surface area contributed by atoms with Crippen LogP contribution in [0.3, 0.4) is 0 Å². The smallest absolute Gasteiger partial charge is 0.119 e. The topological polar surface area (TPSA) is 30.5 Å². The predicted molar refractivity (Wildman–Crippen MR) is 80.3 cm³/mol. The third-order valence-corrected chi connectivity index (χ3v) is 4.65. The van der Waals surface area contributed by atoms with Gasteiger partial charge in [-0.2, -0.15) is 0 Å². The minimum absolute atomic E-state index is 0.688. The largest absolute Gasteiger partial charge is 0.497 e. The van der Waals surface area contributed by atoms with Crippen LogP contribution in [0, 0.1) is 5.92 Å². The molecule has 1 unspecified atom stereocenters. The second kappa shape index (κ2) is 6.59. The predicted octanol–water partition coefficient (Wildman–Crippen LogP) is 2.96. The van der Waals surface area contributed by atoms with Crippen molar-refractivity contribution >= 4 is 0 Å². The van der Waals surface area contributed by atoms with Crippen molar-refractivity contribution < 1.29 is 9.47 Å². The van der Waals surface area contributed by atoms with Crippen molar-refractivity contribution in [2.75, 3.05) is 26.9 Å². The summed E-state index contributed by atoms with van der Waals surface area (Å²) in [4.78, 5) is 0. The van der Waals surface area contributed by atoms with Crippen molar-refractivity contribution in [3.8, 4) is 5.75 Å². The summed E-state index contributed by atoms with van der Waals surface area (Å²) in [6.07, 6.45) is 5.05. The monoisotopic (exact) mass is 275 g/mol. The fourth-order valence-corrected chi connectivity index (χ4v) is 3.25. The van der Waals surface area contributed by atoms with Crippen LogP contribution in [0.5, 0.6) is 5.75 Å². The molecule has 1 aromatic rings. The fourth-order valence-electron chi connectivity index (χ4n) is 3.25. The van der Waals surface area contributed by atoms with E-state index in [4.69, 9.17) is 9.47 Å². The first-order chi connectivity index (χ1) is 9.85. The zero-order valence-electron chi connectivity index (χ0n) is 12.3. The fraction of sp³-hybridized carbons (Fsp3) is 0.647. The molecule has 1 atom stereocenters. The van der Waals surface area contributed by atoms with Crippen LogP contribution < -0.4 is 10.1 Å². The van der Waals surface area contributed by atoms with E-state index >= 15 is 0 Å². The molecule has 1 saturated heterocycles. The van der Waals surface area contributed by atoms with Crippen molar-refractivity contribution in [1.29, 1.82) is 0 Å². The second-order valence-electron chi connectivity index (χ2n) is 6.13. The van der Waals surface area contributed by atoms with Gasteiger partial charge in [-0.3, -0.25) is 0 Å². The standard InChI is InChI=1S/C17H25NO2/c1-19-17-6-2-5-14(10-17)15-8-16(9-15)18-11-13-4-3-7-20-12-13/h2,5-6,10,13,15-16,18H,3-4,7-9,11-12H2,1H3. The number of benzene rings is 1. The Bertz CT molecular complexity index is 423. The van der Waals surface area contributed by atoms with Gasteiger partial charge in [0.1, 0.15) is 5.75 Å². The maximum Gasteiger partial charge on any atom is 0.119 e. The first-order valence-corrected chi connectivity index (χ1v) is 7.80. The Labute approximate surface area is 121 Å². The summed E-state index contributed by atoms with van der Waals surface area (Å²) in [7, 11) is 1.73. The molecule has 2 fully saturated rings. The van der Waals surface area contributed by atoms with Crippen LogP contribution in [0.2, 0.25) is 0 Å². The summed E-state index contributed by atoms with van der Waals surface area (Å²) >= 11 is 0. The lowest BCUT2D eigenvalue weighted by atomic mass is 9.75. The number of hydrogen-bond acceptors (Lipinski definition) is 3. The summed E-state index contributed by atoms with van der Waals surface area (Å²) in [5.74, 6) is 2.39. The molecule has 1 aromatic carbocycles. The van der Waals surface area contributed by atoms with Gasteiger partial charge in [0.2, 0.25) is 0 Å². The van der Waals surface area contributed by atoms with E-state index in [1.807, 2.05) is 6.07 Å². The van der Waals surface area contributed by atoms with E-state index in [0.29, 0.717) is 12.0 Å². The normalized spacial score (nSPS) is 29.8. The van der Waals surface area contributed by atoms with Crippen molar-refractivity contribution in [1.82, 2.24) is 5.32 Å². The van der Waals surface area contributed by atoms with Gasteiger partial charge >= 0.3 is 0 Å². The number of ether oxygens (including phenoxy) is 2. The van der Waals surface area contributed by atoms with E-state index in [0.717, 1.165) is 31.4 Å². The van der Waals surface area contributed by atoms with E-state index < -0.39 is 0 Å². The molecule has 1 aliphatic carbocycles. The molecule has 1 saturated carbocycles. The van der Waals surface area contributed by atoms with Crippen LogP contribution in [-0.2, 0) is 4.74 Å². The molecule has 2 aliphatic rings. The van der Waals surface area contributed by atoms with E-state index in [-0.39, 0.29) is 0 Å². The molecule has 0 spiro atoms. The summed E-state index contributed by atoms with van der Waals surface area (Å²) in [5, 5.41) is 3.71. The molecule has 0 amide bonds. The van der Waals surface area contributed by atoms with Crippen molar-refractivity contribution in [3.63, 3.8) is 0 Å². The van der Waals surface area contributed by atoms with Gasteiger partial charge < -0.3 is 14.8 Å². The van der Waals surface area contributed by atoms with Gasteiger partial charge in [0.05, 0.1) is 13.7 Å². The molecule has 0 aromatic heterocycles. The minimum Gasteiger partial charge on any atom is -0.497 e. The van der Waals surface area contributed by atoms with Gasteiger partial charge in [0.15, 0.2) is 0 Å². The number of methoxy groups -OCH3 is 1. The van der Waals surface area contributed by atoms with E-state index in [1.165, 1.54) is 31.2 Å². The maximum absolute atomic E-state index is 5.53. The van der Waals surface area contributed by atoms with Gasteiger partial charge in [0.25, 0.3) is 0 Å². The van der Waals surface area contributed by atoms with E-state index in [1.54, 1.807) is 7.11 Å². The average molecular weight is 275 g/mol. The highest BCUT2D eigenvalue weighted by Crippen LogP contribution is 2.38. The summed E-state index contributed by atoms with van der Waals surface area (Å²) in [5.41, 5.74) is 1.42.